The van der Waals surface area contributed by atoms with Crippen LogP contribution in [-0.2, 0) is 20.2 Å². The molecule has 0 spiro atoms. The number of aliphatic hydroxyl groups excluding tert-OH is 1. The molecule has 1 aliphatic heterocycles. The van der Waals surface area contributed by atoms with E-state index in [0.29, 0.717) is 43.8 Å². The van der Waals surface area contributed by atoms with Crippen LogP contribution in [0.3, 0.4) is 0 Å². The molecule has 7 rings (SSSR count). The van der Waals surface area contributed by atoms with Gasteiger partial charge in [0.05, 0.1) is 46.3 Å². The number of nitrogens with zero attached hydrogens (tertiary/aromatic N) is 2. The molecule has 9 nitrogen and oxygen atoms in total. The number of aliphatic hydroxyl groups is 1. The summed E-state index contributed by atoms with van der Waals surface area (Å²) in [5.41, 5.74) is 7.03. The molecular formula is C27H20N4O5S. The van der Waals surface area contributed by atoms with Crippen LogP contribution in [0.4, 0.5) is 0 Å². The molecule has 10 heteroatoms. The highest BCUT2D eigenvalue weighted by Gasteiger charge is 2.41. The van der Waals surface area contributed by atoms with Gasteiger partial charge in [-0.15, -0.1) is 11.3 Å². The van der Waals surface area contributed by atoms with Crippen molar-refractivity contribution in [2.75, 3.05) is 0 Å². The second kappa shape index (κ2) is 7.56. The topological polar surface area (TPSA) is 131 Å². The highest BCUT2D eigenvalue weighted by molar-refractivity contribution is 7.10. The second-order valence-corrected chi connectivity index (χ2v) is 10.1. The van der Waals surface area contributed by atoms with Crippen molar-refractivity contribution in [2.24, 2.45) is 7.05 Å². The Kier molecular flexibility index (Phi) is 4.47. The number of phenolic OH excluding ortho intramolecular Hbond substituents is 2. The maximum atomic E-state index is 13.9. The minimum absolute atomic E-state index is 0.0789. The third-order valence-electron chi connectivity index (χ3n) is 7.19. The van der Waals surface area contributed by atoms with Crippen LogP contribution in [0.2, 0.25) is 0 Å². The van der Waals surface area contributed by atoms with E-state index in [1.54, 1.807) is 36.4 Å². The Morgan fingerprint density at radius 1 is 0.946 bits per heavy atom. The summed E-state index contributed by atoms with van der Waals surface area (Å²) in [6, 6.07) is 11.6. The Morgan fingerprint density at radius 3 is 2.41 bits per heavy atom. The number of aromatic hydroxyl groups is 2. The maximum absolute atomic E-state index is 13.9. The summed E-state index contributed by atoms with van der Waals surface area (Å²) in [4.78, 5) is 32.0. The number of hydrogen-bond acceptors (Lipinski definition) is 7. The van der Waals surface area contributed by atoms with E-state index < -0.39 is 11.8 Å². The van der Waals surface area contributed by atoms with Gasteiger partial charge >= 0.3 is 0 Å². The van der Waals surface area contributed by atoms with Crippen LogP contribution < -0.4 is 5.43 Å². The highest BCUT2D eigenvalue weighted by atomic mass is 32.1. The predicted molar refractivity (Wildman–Crippen MR) is 141 cm³/mol. The van der Waals surface area contributed by atoms with Gasteiger partial charge in [-0.1, -0.05) is 0 Å². The van der Waals surface area contributed by atoms with Gasteiger partial charge in [0, 0.05) is 45.6 Å². The van der Waals surface area contributed by atoms with E-state index in [-0.39, 0.29) is 30.2 Å². The molecule has 0 fully saturated rings. The first-order chi connectivity index (χ1) is 17.9. The number of aromatic nitrogens is 2. The number of thiophene rings is 1. The summed E-state index contributed by atoms with van der Waals surface area (Å²) < 4.78 is 1.90. The molecule has 184 valence electrons. The third kappa shape index (κ3) is 2.85. The van der Waals surface area contributed by atoms with Crippen molar-refractivity contribution in [2.45, 2.75) is 13.2 Å². The third-order valence-corrected chi connectivity index (χ3v) is 8.16. The highest BCUT2D eigenvalue weighted by Crippen LogP contribution is 2.45. The van der Waals surface area contributed by atoms with Gasteiger partial charge in [-0.2, -0.15) is 0 Å². The standard InChI is InChI=1S/C27H20N4O5S/c1-30-18-9-14(34)3-5-16(18)21-23-22(20-15-4-2-13(33)8-17(15)29-24(20)25(21)30)26(35)31(27(23)36)28-10-19-12(11-32)6-7-37-19/h2-9,28-29,32-34H,10-11H2,1H3. The number of imide groups is 1. The average molecular weight is 513 g/mol. The molecule has 4 heterocycles. The quantitative estimate of drug-likeness (QED) is 0.225. The van der Waals surface area contributed by atoms with Crippen molar-refractivity contribution < 1.29 is 24.9 Å². The van der Waals surface area contributed by atoms with Crippen molar-refractivity contribution in [3.8, 4) is 11.5 Å². The van der Waals surface area contributed by atoms with Crippen LogP contribution in [0.1, 0.15) is 31.2 Å². The first kappa shape index (κ1) is 21.9. The van der Waals surface area contributed by atoms with Crippen LogP contribution in [0.15, 0.2) is 47.8 Å². The number of hydrogen-bond donors (Lipinski definition) is 5. The number of carbonyl (C=O) groups is 2. The molecule has 1 aliphatic rings. The summed E-state index contributed by atoms with van der Waals surface area (Å²) >= 11 is 1.43. The fourth-order valence-electron chi connectivity index (χ4n) is 5.54. The molecule has 0 radical (unpaired) electrons. The number of hydrazine groups is 1. The number of aryl methyl sites for hydroxylation is 1. The monoisotopic (exact) mass is 512 g/mol. The van der Waals surface area contributed by atoms with Crippen molar-refractivity contribution in [3.05, 3.63) is 69.4 Å². The van der Waals surface area contributed by atoms with Gasteiger partial charge in [-0.25, -0.2) is 10.4 Å². The van der Waals surface area contributed by atoms with Gasteiger partial charge in [0.1, 0.15) is 11.5 Å². The minimum atomic E-state index is -0.473. The van der Waals surface area contributed by atoms with Crippen LogP contribution >= 0.6 is 11.3 Å². The number of amides is 2. The van der Waals surface area contributed by atoms with E-state index >= 15 is 0 Å². The summed E-state index contributed by atoms with van der Waals surface area (Å²) in [6.07, 6.45) is 0. The van der Waals surface area contributed by atoms with E-state index in [0.717, 1.165) is 20.8 Å². The SMILES string of the molecule is Cn1c2cc(O)ccc2c2c3c(c4c5ccc(O)cc5[nH]c4c21)C(=O)N(NCc1sccc1CO)C3=O. The molecule has 0 aliphatic carbocycles. The number of aromatic amines is 1. The fourth-order valence-corrected chi connectivity index (χ4v) is 6.37. The zero-order valence-corrected chi connectivity index (χ0v) is 20.3. The number of carbonyl (C=O) groups excluding carboxylic acids is 2. The Labute approximate surface area is 212 Å². The molecule has 3 aromatic heterocycles. The second-order valence-electron chi connectivity index (χ2n) is 9.15. The zero-order chi connectivity index (χ0) is 25.6. The van der Waals surface area contributed by atoms with E-state index in [1.165, 1.54) is 11.3 Å². The van der Waals surface area contributed by atoms with Gasteiger partial charge in [0.15, 0.2) is 0 Å². The average Bonchev–Trinajstić information content (AvgIpc) is 3.61. The van der Waals surface area contributed by atoms with E-state index in [1.807, 2.05) is 23.1 Å². The Morgan fingerprint density at radius 2 is 1.65 bits per heavy atom. The molecule has 2 amide bonds. The van der Waals surface area contributed by atoms with Crippen LogP contribution in [0.25, 0.3) is 43.6 Å². The summed E-state index contributed by atoms with van der Waals surface area (Å²) in [6.45, 7) is 0.0748. The van der Waals surface area contributed by atoms with Crippen LogP contribution in [-0.4, -0.2) is 41.7 Å². The molecule has 0 saturated heterocycles. The van der Waals surface area contributed by atoms with Crippen molar-refractivity contribution >= 4 is 66.8 Å². The van der Waals surface area contributed by atoms with Gasteiger partial charge in [-0.05, 0) is 41.3 Å². The van der Waals surface area contributed by atoms with Crippen molar-refractivity contribution in [1.82, 2.24) is 20.0 Å². The molecule has 0 atom stereocenters. The number of nitrogens with one attached hydrogen (secondary N) is 2. The van der Waals surface area contributed by atoms with E-state index in [4.69, 9.17) is 0 Å². The van der Waals surface area contributed by atoms with Crippen molar-refractivity contribution in [3.63, 3.8) is 0 Å². The Bertz CT molecular complexity index is 1960. The smallest absolute Gasteiger partial charge is 0.276 e. The lowest BCUT2D eigenvalue weighted by atomic mass is 9.96. The zero-order valence-electron chi connectivity index (χ0n) is 19.5. The molecule has 3 aromatic carbocycles. The number of phenols is 2. The van der Waals surface area contributed by atoms with Crippen LogP contribution in [0.5, 0.6) is 11.5 Å². The molecule has 37 heavy (non-hydrogen) atoms. The molecular weight excluding hydrogens is 492 g/mol. The maximum Gasteiger partial charge on any atom is 0.276 e. The number of rotatable bonds is 4. The lowest BCUT2D eigenvalue weighted by Gasteiger charge is -2.15. The van der Waals surface area contributed by atoms with Gasteiger partial charge in [-0.3, -0.25) is 9.59 Å². The normalized spacial score (nSPS) is 13.7. The lowest BCUT2D eigenvalue weighted by Crippen LogP contribution is -2.41. The van der Waals surface area contributed by atoms with Gasteiger partial charge in [0.25, 0.3) is 11.8 Å². The van der Waals surface area contributed by atoms with Crippen LogP contribution in [0, 0.1) is 0 Å². The molecule has 6 aromatic rings. The predicted octanol–water partition coefficient (Wildman–Crippen LogP) is 4.23. The molecule has 0 saturated carbocycles. The van der Waals surface area contributed by atoms with Crippen molar-refractivity contribution in [1.29, 1.82) is 0 Å². The number of H-pyrrole nitrogens is 1. The minimum Gasteiger partial charge on any atom is -0.508 e. The largest absolute Gasteiger partial charge is 0.508 e. The molecule has 5 N–H and O–H groups in total. The summed E-state index contributed by atoms with van der Waals surface area (Å²) in [5, 5.41) is 35.4. The molecule has 0 bridgehead atoms. The van der Waals surface area contributed by atoms with E-state index in [9.17, 15) is 24.9 Å². The lowest BCUT2D eigenvalue weighted by molar-refractivity contribution is 0.0564. The Balaban J connectivity index is 1.54. The molecule has 0 unspecified atom stereocenters. The van der Waals surface area contributed by atoms with Gasteiger partial charge in [0.2, 0.25) is 0 Å². The first-order valence-corrected chi connectivity index (χ1v) is 12.5. The van der Waals surface area contributed by atoms with E-state index in [2.05, 4.69) is 10.4 Å². The van der Waals surface area contributed by atoms with Gasteiger partial charge < -0.3 is 24.9 Å². The summed E-state index contributed by atoms with van der Waals surface area (Å²) in [5.74, 6) is -0.772. The Hall–Kier alpha value is -4.38. The number of benzene rings is 3. The fraction of sp³-hybridized carbons (Fsp3) is 0.111. The summed E-state index contributed by atoms with van der Waals surface area (Å²) in [7, 11) is 1.85. The first-order valence-electron chi connectivity index (χ1n) is 11.6. The number of fused-ring (bicyclic) bond motifs is 10.